The normalized spacial score (nSPS) is 11.0. The number of nitriles is 1. The van der Waals surface area contributed by atoms with Crippen molar-refractivity contribution in [3.05, 3.63) is 269 Å². The molecule has 8 N–H and O–H groups in total. The maximum atomic E-state index is 13.2. The van der Waals surface area contributed by atoms with E-state index in [0.29, 0.717) is 35.0 Å². The second kappa shape index (κ2) is 34.7. The number of sulfonamides is 1. The van der Waals surface area contributed by atoms with Crippen molar-refractivity contribution in [1.29, 1.82) is 5.26 Å². The summed E-state index contributed by atoms with van der Waals surface area (Å²) in [4.78, 5) is 49.8. The van der Waals surface area contributed by atoms with E-state index in [0.717, 1.165) is 71.8 Å². The molecule has 0 bridgehead atoms. The molecule has 0 fully saturated rings. The summed E-state index contributed by atoms with van der Waals surface area (Å²) in [6, 6.07) is 56.4. The summed E-state index contributed by atoms with van der Waals surface area (Å²) in [5.74, 6) is 6.35. The zero-order valence-electron chi connectivity index (χ0n) is 58.6. The Bertz CT molecular complexity index is 5670. The number of pyridine rings is 4. The molecule has 0 amide bonds. The molecular formula is C77H74ClN19O6S2. The van der Waals surface area contributed by atoms with E-state index >= 15 is 0 Å². The second-order valence-electron chi connectivity index (χ2n) is 25.3. The number of benzene rings is 6. The van der Waals surface area contributed by atoms with Crippen molar-refractivity contribution in [1.82, 2.24) is 49.3 Å². The molecule has 13 aromatic rings. The van der Waals surface area contributed by atoms with Gasteiger partial charge >= 0.3 is 0 Å². The largest absolute Gasteiger partial charge is 0.392 e. The van der Waals surface area contributed by atoms with E-state index in [-0.39, 0.29) is 69.0 Å². The molecule has 0 saturated carbocycles. The first-order valence-corrected chi connectivity index (χ1v) is 36.0. The average Bonchev–Trinajstić information content (AvgIpc) is 1.61. The van der Waals surface area contributed by atoms with E-state index in [9.17, 15) is 26.4 Å². The molecule has 25 nitrogen and oxygen atoms in total. The monoisotopic (exact) mass is 1460 g/mol. The highest BCUT2D eigenvalue weighted by Gasteiger charge is 2.24. The Morgan fingerprint density at radius 2 is 0.962 bits per heavy atom. The number of carbonyl (C=O) groups excluding carboxylic acids is 2. The van der Waals surface area contributed by atoms with Gasteiger partial charge in [0.05, 0.1) is 85.4 Å². The minimum Gasteiger partial charge on any atom is -0.392 e. The van der Waals surface area contributed by atoms with Crippen LogP contribution in [0.4, 0.5) is 28.8 Å². The molecule has 6 aromatic carbocycles. The number of rotatable bonds is 13. The number of nitrogens with one attached hydrogen (secondary N) is 2. The van der Waals surface area contributed by atoms with E-state index in [2.05, 4.69) is 101 Å². The number of hydrogen-bond acceptors (Lipinski definition) is 18. The number of carbonyl (C=O) groups is 2. The summed E-state index contributed by atoms with van der Waals surface area (Å²) in [7, 11) is -2.28. The summed E-state index contributed by atoms with van der Waals surface area (Å²) in [6.45, 7) is 35.6. The number of aromatic nitrogens is 10. The van der Waals surface area contributed by atoms with E-state index in [4.69, 9.17) is 53.0 Å². The topological polar surface area (TPSA) is 346 Å². The lowest BCUT2D eigenvalue weighted by atomic mass is 9.87. The molecule has 0 unspecified atom stereocenters. The lowest BCUT2D eigenvalue weighted by Gasteiger charge is -2.19. The van der Waals surface area contributed by atoms with Crippen molar-refractivity contribution in [3.63, 3.8) is 0 Å². The van der Waals surface area contributed by atoms with Crippen LogP contribution in [0.15, 0.2) is 217 Å². The molecule has 0 aliphatic heterocycles. The van der Waals surface area contributed by atoms with Crippen molar-refractivity contribution in [2.24, 2.45) is 5.84 Å². The van der Waals surface area contributed by atoms with E-state index < -0.39 is 19.1 Å². The van der Waals surface area contributed by atoms with Gasteiger partial charge in [0.15, 0.2) is 5.69 Å². The van der Waals surface area contributed by atoms with Crippen LogP contribution in [0, 0.1) is 31.0 Å². The fraction of sp³-hybridized carbons (Fsp3) is 0.182. The highest BCUT2D eigenvalue weighted by Crippen LogP contribution is 2.34. The minimum atomic E-state index is -3.89. The lowest BCUT2D eigenvalue weighted by molar-refractivity contribution is -0.117. The van der Waals surface area contributed by atoms with Crippen LogP contribution in [0.1, 0.15) is 83.6 Å². The number of ketones is 2. The molecule has 13 rings (SSSR count). The molecule has 7 heterocycles. The van der Waals surface area contributed by atoms with Crippen LogP contribution < -0.4 is 27.5 Å². The maximum absolute atomic E-state index is 13.2. The van der Waals surface area contributed by atoms with Crippen LogP contribution in [-0.4, -0.2) is 84.2 Å². The standard InChI is InChI=1S/C25H26N4O3S.C15H10N6.C15H14N4O.C10H13ClO2S.C9H9N3.C3H2N2/c1-17(30)15-19-16-24(28-33(31,32)20-12-10-18(11-13-20)25(2,3)4)29(27-19)23-9-5-8-22-21(23)7-6-14-26-22;1-17-9-12-14(18-2)15(16)21(20-12)13-7-3-6-11-10(13)5-4-8-19-11;1-10(20)8-11-9-15(16)19(18-11)14-6-2-5-13-12(14)4-3-7-17-13;1-10(2,3)8-4-6-9(7-5-8)14(11,12)13;10-12-9-5-1-4-8-7(9)3-2-6-11-8;1-5-3-2-4/h5-14,16,28H,15H2,1-4H3;3-8H,9,16H2;2-7,9H,8,16H2,1H3;4-7H,1-3H3;1-6,12H,10H2;3H2. The van der Waals surface area contributed by atoms with Gasteiger partial charge in [-0.3, -0.25) is 40.1 Å². The van der Waals surface area contributed by atoms with Gasteiger partial charge in [0, 0.05) is 69.1 Å². The molecule has 28 heteroatoms. The van der Waals surface area contributed by atoms with Gasteiger partial charge in [-0.05, 0) is 157 Å². The molecule has 0 saturated heterocycles. The molecular weight excluding hydrogens is 1390 g/mol. The first-order valence-electron chi connectivity index (χ1n) is 32.2. The van der Waals surface area contributed by atoms with E-state index in [1.54, 1.807) is 71.9 Å². The number of hydrazine groups is 1. The summed E-state index contributed by atoms with van der Waals surface area (Å²) < 4.78 is 55.7. The predicted octanol–water partition coefficient (Wildman–Crippen LogP) is 14.6. The highest BCUT2D eigenvalue weighted by atomic mass is 35.7. The smallest absolute Gasteiger partial charge is 0.298 e. The van der Waals surface area contributed by atoms with Crippen molar-refractivity contribution in [3.8, 4) is 23.1 Å². The lowest BCUT2D eigenvalue weighted by Crippen LogP contribution is -2.17. The van der Waals surface area contributed by atoms with Gasteiger partial charge in [-0.2, -0.15) is 20.6 Å². The summed E-state index contributed by atoms with van der Waals surface area (Å²) >= 11 is 0. The van der Waals surface area contributed by atoms with Crippen LogP contribution in [0.25, 0.3) is 75.2 Å². The zero-order valence-corrected chi connectivity index (χ0v) is 61.0. The van der Waals surface area contributed by atoms with Crippen LogP contribution >= 0.6 is 10.7 Å². The van der Waals surface area contributed by atoms with Crippen molar-refractivity contribution in [2.45, 2.75) is 95.4 Å². The molecule has 7 aromatic heterocycles. The fourth-order valence-electron chi connectivity index (χ4n) is 10.5. The van der Waals surface area contributed by atoms with Gasteiger partial charge in [0.2, 0.25) is 6.54 Å². The number of nitrogens with two attached hydrogens (primary N) is 3. The number of fused-ring (bicyclic) bond motifs is 4. The Hall–Kier alpha value is -12.8. The first-order chi connectivity index (χ1) is 50.0. The molecule has 532 valence electrons. The summed E-state index contributed by atoms with van der Waals surface area (Å²) in [5, 5.41) is 24.6. The second-order valence-corrected chi connectivity index (χ2v) is 29.6. The highest BCUT2D eigenvalue weighted by molar-refractivity contribution is 8.13. The minimum absolute atomic E-state index is 0.0139. The molecule has 0 aliphatic rings. The van der Waals surface area contributed by atoms with Gasteiger partial charge in [-0.25, -0.2) is 48.9 Å². The Balaban J connectivity index is 0.000000170. The molecule has 0 radical (unpaired) electrons. The maximum Gasteiger partial charge on any atom is 0.298 e. The molecule has 0 aliphatic carbocycles. The van der Waals surface area contributed by atoms with Gasteiger partial charge in [-0.1, -0.05) is 90.1 Å². The number of hydrogen-bond donors (Lipinski definition) is 5. The van der Waals surface area contributed by atoms with Gasteiger partial charge in [0.25, 0.3) is 31.3 Å². The Kier molecular flexibility index (Phi) is 25.8. The predicted molar refractivity (Wildman–Crippen MR) is 412 cm³/mol. The fourth-order valence-corrected chi connectivity index (χ4v) is 12.3. The summed E-state index contributed by atoms with van der Waals surface area (Å²) in [5.41, 5.74) is 25.1. The van der Waals surface area contributed by atoms with E-state index in [1.165, 1.54) is 35.3 Å². The Labute approximate surface area is 612 Å². The number of nitrogen functional groups attached to an aromatic ring is 3. The average molecular weight is 1460 g/mol. The van der Waals surface area contributed by atoms with Gasteiger partial charge in [0.1, 0.15) is 35.1 Å². The van der Waals surface area contributed by atoms with Crippen LogP contribution in [0.2, 0.25) is 0 Å². The van der Waals surface area contributed by atoms with Crippen LogP contribution in [0.5, 0.6) is 0 Å². The Morgan fingerprint density at radius 1 is 0.543 bits per heavy atom. The zero-order chi connectivity index (χ0) is 76.2. The third-order valence-electron chi connectivity index (χ3n) is 15.5. The molecule has 105 heavy (non-hydrogen) atoms. The van der Waals surface area contributed by atoms with Gasteiger partial charge < -0.3 is 26.6 Å². The van der Waals surface area contributed by atoms with Crippen molar-refractivity contribution >= 4 is 114 Å². The summed E-state index contributed by atoms with van der Waals surface area (Å²) in [6.07, 6.45) is 7.32. The quantitative estimate of drug-likeness (QED) is 0.0235. The Morgan fingerprint density at radius 3 is 1.37 bits per heavy atom. The third kappa shape index (κ3) is 20.3. The third-order valence-corrected chi connectivity index (χ3v) is 18.2. The SMILES string of the molecule is CC(=O)Cc1cc(N)n(-c2cccc3ncccc23)n1.CC(=O)Cc1cc(NS(=O)(=O)c2ccc(C(C)(C)C)cc2)n(-c2cccc3ncccc23)n1.CC(C)(C)c1ccc(S(=O)(=O)Cl)cc1.NNc1cccc2ncccc12.[C-]#[N+]CC#N.[C-]#[N+]Cc1nn(-c2cccc3ncccc23)c(N)c1[N+]#[C-]. The number of halogens is 1. The van der Waals surface area contributed by atoms with Crippen LogP contribution in [-0.2, 0) is 58.9 Å². The van der Waals surface area contributed by atoms with E-state index in [1.807, 2.05) is 133 Å². The van der Waals surface area contributed by atoms with Crippen LogP contribution in [0.3, 0.4) is 0 Å². The number of Topliss-reactive ketones (excluding diaryl/α,β-unsaturated/α-hetero) is 2. The number of anilines is 4. The van der Waals surface area contributed by atoms with Crippen molar-refractivity contribution in [2.75, 3.05) is 28.2 Å². The molecule has 0 spiro atoms. The van der Waals surface area contributed by atoms with Crippen molar-refractivity contribution < 1.29 is 26.4 Å². The number of nitrogens with zero attached hydrogens (tertiary/aromatic N) is 14. The first kappa shape index (κ1) is 78.0. The molecule has 0 atom stereocenters. The van der Waals surface area contributed by atoms with Gasteiger partial charge in [-0.15, -0.1) is 0 Å².